The van der Waals surface area contributed by atoms with Gasteiger partial charge in [0, 0.05) is 6.08 Å². The molecule has 1 heterocycles. The molecule has 114 valence electrons. The lowest BCUT2D eigenvalue weighted by Gasteiger charge is -2.04. The third-order valence-electron chi connectivity index (χ3n) is 2.95. The van der Waals surface area contributed by atoms with Crippen LogP contribution >= 0.6 is 0 Å². The zero-order chi connectivity index (χ0) is 15.9. The molecule has 0 bridgehead atoms. The van der Waals surface area contributed by atoms with E-state index in [9.17, 15) is 9.59 Å². The summed E-state index contributed by atoms with van der Waals surface area (Å²) in [6.07, 6.45) is 4.37. The van der Waals surface area contributed by atoms with Crippen LogP contribution in [0.2, 0.25) is 0 Å². The maximum atomic E-state index is 11.8. The molecule has 22 heavy (non-hydrogen) atoms. The molecule has 6 nitrogen and oxygen atoms in total. The fraction of sp³-hybridized carbons (Fsp3) is 0.125. The first kappa shape index (κ1) is 15.4. The van der Waals surface area contributed by atoms with Crippen LogP contribution in [0, 0.1) is 6.92 Å². The molecule has 0 spiro atoms. The molecule has 2 N–H and O–H groups in total. The lowest BCUT2D eigenvalue weighted by molar-refractivity contribution is -0.117. The highest BCUT2D eigenvalue weighted by molar-refractivity contribution is 5.98. The minimum absolute atomic E-state index is 0.374. The number of benzene rings is 1. The Hall–Kier alpha value is -3.02. The van der Waals surface area contributed by atoms with E-state index in [-0.39, 0.29) is 0 Å². The van der Waals surface area contributed by atoms with Gasteiger partial charge in [-0.3, -0.25) is 20.4 Å². The normalized spacial score (nSPS) is 10.5. The number of carbonyl (C=O) groups excluding carboxylic acids is 2. The second-order valence-corrected chi connectivity index (χ2v) is 4.44. The summed E-state index contributed by atoms with van der Waals surface area (Å²) in [5, 5.41) is 0. The van der Waals surface area contributed by atoms with E-state index in [1.54, 1.807) is 32.2 Å². The molecule has 0 saturated carbocycles. The van der Waals surface area contributed by atoms with Gasteiger partial charge in [0.2, 0.25) is 0 Å². The number of ether oxygens (including phenoxy) is 1. The summed E-state index contributed by atoms with van der Waals surface area (Å²) in [6, 6.07) is 8.75. The Morgan fingerprint density at radius 1 is 1.14 bits per heavy atom. The number of carbonyl (C=O) groups is 2. The van der Waals surface area contributed by atoms with E-state index in [0.29, 0.717) is 11.3 Å². The van der Waals surface area contributed by atoms with Crippen molar-refractivity contribution in [3.05, 3.63) is 59.6 Å². The van der Waals surface area contributed by atoms with Gasteiger partial charge in [-0.25, -0.2) is 0 Å². The molecule has 0 unspecified atom stereocenters. The smallest absolute Gasteiger partial charge is 0.273 e. The molecular formula is C16H16N2O4. The predicted octanol–water partition coefficient (Wildman–Crippen LogP) is 2.07. The molecule has 6 heteroatoms. The molecule has 0 aliphatic heterocycles. The van der Waals surface area contributed by atoms with Gasteiger partial charge >= 0.3 is 0 Å². The lowest BCUT2D eigenvalue weighted by atomic mass is 10.2. The van der Waals surface area contributed by atoms with Gasteiger partial charge in [0.05, 0.1) is 18.9 Å². The fourth-order valence-electron chi connectivity index (χ4n) is 1.73. The van der Waals surface area contributed by atoms with E-state index in [1.807, 2.05) is 12.1 Å². The summed E-state index contributed by atoms with van der Waals surface area (Å²) in [6.45, 7) is 1.67. The largest absolute Gasteiger partial charge is 0.497 e. The molecule has 0 aliphatic rings. The Bertz CT molecular complexity index is 686. The number of nitrogens with one attached hydrogen (secondary N) is 2. The van der Waals surface area contributed by atoms with Crippen LogP contribution in [-0.4, -0.2) is 18.9 Å². The maximum absolute atomic E-state index is 11.8. The highest BCUT2D eigenvalue weighted by Crippen LogP contribution is 2.12. The van der Waals surface area contributed by atoms with Crippen molar-refractivity contribution in [2.45, 2.75) is 6.92 Å². The summed E-state index contributed by atoms with van der Waals surface area (Å²) < 4.78 is 10.1. The van der Waals surface area contributed by atoms with Crippen LogP contribution < -0.4 is 15.6 Å². The minimum atomic E-state index is -0.440. The van der Waals surface area contributed by atoms with E-state index < -0.39 is 11.8 Å². The van der Waals surface area contributed by atoms with Crippen LogP contribution in [0.15, 0.2) is 47.1 Å². The van der Waals surface area contributed by atoms with Gasteiger partial charge in [0.1, 0.15) is 11.5 Å². The molecule has 0 radical (unpaired) electrons. The molecule has 2 rings (SSSR count). The number of methoxy groups -OCH3 is 1. The average Bonchev–Trinajstić information content (AvgIpc) is 2.97. The fourth-order valence-corrected chi connectivity index (χ4v) is 1.73. The number of furan rings is 1. The number of hydrazine groups is 1. The standard InChI is InChI=1S/C16H16N2O4/c1-11-14(9-10-22-11)16(20)18-17-15(19)8-5-12-3-6-13(21-2)7-4-12/h3-10H,1-2H3,(H,17,19)(H,18,20)/b8-5+. The molecule has 0 fully saturated rings. The number of amides is 2. The Kier molecular flexibility index (Phi) is 4.98. The highest BCUT2D eigenvalue weighted by Gasteiger charge is 2.11. The van der Waals surface area contributed by atoms with Gasteiger partial charge in [-0.2, -0.15) is 0 Å². The summed E-state index contributed by atoms with van der Waals surface area (Å²) >= 11 is 0. The monoisotopic (exact) mass is 300 g/mol. The zero-order valence-corrected chi connectivity index (χ0v) is 12.3. The van der Waals surface area contributed by atoms with Crippen molar-refractivity contribution in [3.63, 3.8) is 0 Å². The highest BCUT2D eigenvalue weighted by atomic mass is 16.5. The van der Waals surface area contributed by atoms with Gasteiger partial charge in [0.15, 0.2) is 0 Å². The zero-order valence-electron chi connectivity index (χ0n) is 12.3. The molecule has 1 aromatic heterocycles. The topological polar surface area (TPSA) is 80.6 Å². The first-order valence-electron chi connectivity index (χ1n) is 6.56. The van der Waals surface area contributed by atoms with Crippen LogP contribution in [0.1, 0.15) is 21.7 Å². The van der Waals surface area contributed by atoms with E-state index in [0.717, 1.165) is 11.3 Å². The van der Waals surface area contributed by atoms with Crippen molar-refractivity contribution in [1.29, 1.82) is 0 Å². The third kappa shape index (κ3) is 3.99. The van der Waals surface area contributed by atoms with Crippen LogP contribution in [0.5, 0.6) is 5.75 Å². The number of rotatable bonds is 4. The van der Waals surface area contributed by atoms with E-state index in [4.69, 9.17) is 9.15 Å². The quantitative estimate of drug-likeness (QED) is 0.669. The van der Waals surface area contributed by atoms with E-state index in [1.165, 1.54) is 18.4 Å². The van der Waals surface area contributed by atoms with E-state index >= 15 is 0 Å². The second kappa shape index (κ2) is 7.12. The molecule has 0 saturated heterocycles. The Morgan fingerprint density at radius 2 is 1.86 bits per heavy atom. The molecule has 2 aromatic rings. The number of hydrogen-bond acceptors (Lipinski definition) is 4. The van der Waals surface area contributed by atoms with Crippen molar-refractivity contribution in [1.82, 2.24) is 10.9 Å². The predicted molar refractivity (Wildman–Crippen MR) is 81.1 cm³/mol. The van der Waals surface area contributed by atoms with Crippen LogP contribution in [0.3, 0.4) is 0 Å². The van der Waals surface area contributed by atoms with Crippen molar-refractivity contribution in [2.24, 2.45) is 0 Å². The minimum Gasteiger partial charge on any atom is -0.497 e. The van der Waals surface area contributed by atoms with Gasteiger partial charge < -0.3 is 9.15 Å². The maximum Gasteiger partial charge on any atom is 0.273 e. The Balaban J connectivity index is 1.86. The molecule has 1 aromatic carbocycles. The van der Waals surface area contributed by atoms with Gasteiger partial charge in [-0.05, 0) is 36.8 Å². The summed E-state index contributed by atoms with van der Waals surface area (Å²) in [5.74, 6) is 0.354. The van der Waals surface area contributed by atoms with E-state index in [2.05, 4.69) is 10.9 Å². The molecule has 0 atom stereocenters. The van der Waals surface area contributed by atoms with Crippen LogP contribution in [-0.2, 0) is 4.79 Å². The molecular weight excluding hydrogens is 284 g/mol. The third-order valence-corrected chi connectivity index (χ3v) is 2.95. The van der Waals surface area contributed by atoms with Crippen molar-refractivity contribution < 1.29 is 18.7 Å². The lowest BCUT2D eigenvalue weighted by Crippen LogP contribution is -2.40. The first-order chi connectivity index (χ1) is 10.6. The first-order valence-corrected chi connectivity index (χ1v) is 6.56. The van der Waals surface area contributed by atoms with Crippen LogP contribution in [0.4, 0.5) is 0 Å². The van der Waals surface area contributed by atoms with Crippen molar-refractivity contribution in [2.75, 3.05) is 7.11 Å². The number of aryl methyl sites for hydroxylation is 1. The average molecular weight is 300 g/mol. The molecule has 0 aliphatic carbocycles. The van der Waals surface area contributed by atoms with Gasteiger partial charge in [-0.1, -0.05) is 12.1 Å². The summed E-state index contributed by atoms with van der Waals surface area (Å²) in [4.78, 5) is 23.4. The van der Waals surface area contributed by atoms with Crippen LogP contribution in [0.25, 0.3) is 6.08 Å². The second-order valence-electron chi connectivity index (χ2n) is 4.44. The Morgan fingerprint density at radius 3 is 2.45 bits per heavy atom. The van der Waals surface area contributed by atoms with Gasteiger partial charge in [-0.15, -0.1) is 0 Å². The summed E-state index contributed by atoms with van der Waals surface area (Å²) in [5.41, 5.74) is 5.82. The van der Waals surface area contributed by atoms with Crippen molar-refractivity contribution >= 4 is 17.9 Å². The van der Waals surface area contributed by atoms with Gasteiger partial charge in [0.25, 0.3) is 11.8 Å². The summed E-state index contributed by atoms with van der Waals surface area (Å²) in [7, 11) is 1.59. The SMILES string of the molecule is COc1ccc(/C=C/C(=O)NNC(=O)c2ccoc2C)cc1. The number of hydrogen-bond donors (Lipinski definition) is 2. The molecule has 2 amide bonds. The van der Waals surface area contributed by atoms with Crippen molar-refractivity contribution in [3.8, 4) is 5.75 Å². The Labute approximate surface area is 127 Å².